The summed E-state index contributed by atoms with van der Waals surface area (Å²) in [5, 5.41) is 0.429. The summed E-state index contributed by atoms with van der Waals surface area (Å²) in [5.74, 6) is 0.593. The number of anilines is 1. The Morgan fingerprint density at radius 2 is 2.46 bits per heavy atom. The number of halogens is 1. The van der Waals surface area contributed by atoms with Crippen LogP contribution in [0.2, 0.25) is 5.02 Å². The summed E-state index contributed by atoms with van der Waals surface area (Å²) in [6.07, 6.45) is 3.28. The quantitative estimate of drug-likeness (QED) is 0.784. The summed E-state index contributed by atoms with van der Waals surface area (Å²) in [4.78, 5) is 15.2. The molecule has 0 saturated carbocycles. The number of aromatic nitrogens is 1. The van der Waals surface area contributed by atoms with Gasteiger partial charge in [-0.15, -0.1) is 0 Å². The molecule has 1 aromatic heterocycles. The molecule has 0 bridgehead atoms. The number of pyridine rings is 1. The number of hydrogen-bond acceptors (Lipinski definition) is 4. The normalized spacial score (nSPS) is 10.0. The minimum Gasteiger partial charge on any atom is -0.383 e. The van der Waals surface area contributed by atoms with Crippen molar-refractivity contribution in [3.8, 4) is 0 Å². The smallest absolute Gasteiger partial charge is 0.176 e. The molecule has 0 aliphatic heterocycles. The van der Waals surface area contributed by atoms with Gasteiger partial charge >= 0.3 is 0 Å². The fourth-order valence-corrected chi connectivity index (χ4v) is 1.46. The first-order valence-electron chi connectivity index (χ1n) is 3.58. The number of ketones is 1. The molecule has 0 aliphatic carbocycles. The van der Waals surface area contributed by atoms with E-state index in [9.17, 15) is 4.79 Å². The molecule has 2 N–H and O–H groups in total. The standard InChI is InChI=1S/C8H9ClN2OS/c1-13-4-7(12)6-2-5(9)3-11-8(6)10/h2-3H,4H2,1H3,(H2,10,11). The minimum atomic E-state index is -0.0417. The van der Waals surface area contributed by atoms with Crippen LogP contribution in [0.5, 0.6) is 0 Å². The molecule has 0 aliphatic rings. The second-order valence-electron chi connectivity index (χ2n) is 2.44. The van der Waals surface area contributed by atoms with Crippen LogP contribution in [0.25, 0.3) is 0 Å². The zero-order valence-electron chi connectivity index (χ0n) is 7.08. The lowest BCUT2D eigenvalue weighted by Crippen LogP contribution is -2.07. The molecule has 1 rings (SSSR count). The van der Waals surface area contributed by atoms with Gasteiger partial charge in [-0.2, -0.15) is 11.8 Å². The number of thioether (sulfide) groups is 1. The SMILES string of the molecule is CSCC(=O)c1cc(Cl)cnc1N. The van der Waals surface area contributed by atoms with Gasteiger partial charge in [0.2, 0.25) is 0 Å². The minimum absolute atomic E-state index is 0.0417. The summed E-state index contributed by atoms with van der Waals surface area (Å²) in [6.45, 7) is 0. The Labute approximate surface area is 85.7 Å². The van der Waals surface area contributed by atoms with Crippen molar-refractivity contribution in [1.82, 2.24) is 4.98 Å². The zero-order valence-corrected chi connectivity index (χ0v) is 8.65. The highest BCUT2D eigenvalue weighted by Crippen LogP contribution is 2.16. The molecule has 13 heavy (non-hydrogen) atoms. The van der Waals surface area contributed by atoms with Gasteiger partial charge in [-0.05, 0) is 12.3 Å². The molecule has 0 atom stereocenters. The van der Waals surface area contributed by atoms with Crippen LogP contribution in [-0.2, 0) is 0 Å². The van der Waals surface area contributed by atoms with E-state index in [2.05, 4.69) is 4.98 Å². The fraction of sp³-hybridized carbons (Fsp3) is 0.250. The van der Waals surface area contributed by atoms with Crippen molar-refractivity contribution in [2.75, 3.05) is 17.7 Å². The van der Waals surface area contributed by atoms with E-state index < -0.39 is 0 Å². The molecule has 1 heterocycles. The number of nitrogens with two attached hydrogens (primary N) is 1. The van der Waals surface area contributed by atoms with E-state index in [1.54, 1.807) is 6.07 Å². The Bertz CT molecular complexity index is 330. The molecule has 0 radical (unpaired) electrons. The first-order valence-corrected chi connectivity index (χ1v) is 5.35. The lowest BCUT2D eigenvalue weighted by molar-refractivity contribution is 0.102. The lowest BCUT2D eigenvalue weighted by atomic mass is 10.2. The van der Waals surface area contributed by atoms with Crippen LogP contribution in [0.3, 0.4) is 0 Å². The predicted molar refractivity (Wildman–Crippen MR) is 56.4 cm³/mol. The van der Waals surface area contributed by atoms with E-state index >= 15 is 0 Å². The van der Waals surface area contributed by atoms with Gasteiger partial charge < -0.3 is 5.73 Å². The number of nitrogens with zero attached hydrogens (tertiary/aromatic N) is 1. The summed E-state index contributed by atoms with van der Waals surface area (Å²) in [5.41, 5.74) is 5.93. The first kappa shape index (κ1) is 10.3. The van der Waals surface area contributed by atoms with Crippen molar-refractivity contribution >= 4 is 35.0 Å². The summed E-state index contributed by atoms with van der Waals surface area (Å²) in [6, 6.07) is 1.54. The van der Waals surface area contributed by atoms with Gasteiger partial charge in [0.05, 0.1) is 16.3 Å². The maximum Gasteiger partial charge on any atom is 0.176 e. The van der Waals surface area contributed by atoms with Gasteiger partial charge in [0, 0.05) is 6.20 Å². The van der Waals surface area contributed by atoms with E-state index in [4.69, 9.17) is 17.3 Å². The maximum absolute atomic E-state index is 11.4. The van der Waals surface area contributed by atoms with Crippen LogP contribution in [0.4, 0.5) is 5.82 Å². The second-order valence-corrected chi connectivity index (χ2v) is 3.74. The summed E-state index contributed by atoms with van der Waals surface area (Å²) < 4.78 is 0. The molecular formula is C8H9ClN2OS. The van der Waals surface area contributed by atoms with Gasteiger partial charge in [-0.3, -0.25) is 4.79 Å². The van der Waals surface area contributed by atoms with Crippen molar-refractivity contribution in [2.45, 2.75) is 0 Å². The number of carbonyl (C=O) groups is 1. The largest absolute Gasteiger partial charge is 0.383 e. The number of rotatable bonds is 3. The van der Waals surface area contributed by atoms with Crippen molar-refractivity contribution in [3.05, 3.63) is 22.8 Å². The average molecular weight is 217 g/mol. The number of nitrogen functional groups attached to an aromatic ring is 1. The molecule has 5 heteroatoms. The summed E-state index contributed by atoms with van der Waals surface area (Å²) in [7, 11) is 0. The third-order valence-corrected chi connectivity index (χ3v) is 2.22. The molecule has 0 amide bonds. The Hall–Kier alpha value is -0.740. The Kier molecular flexibility index (Phi) is 3.57. The number of carbonyl (C=O) groups excluding carboxylic acids is 1. The molecule has 70 valence electrons. The van der Waals surface area contributed by atoms with E-state index in [0.29, 0.717) is 16.3 Å². The van der Waals surface area contributed by atoms with Gasteiger partial charge in [0.25, 0.3) is 0 Å². The second kappa shape index (κ2) is 4.48. The third kappa shape index (κ3) is 2.60. The predicted octanol–water partition coefficient (Wildman–Crippen LogP) is 1.86. The van der Waals surface area contributed by atoms with Crippen LogP contribution in [-0.4, -0.2) is 22.8 Å². The van der Waals surface area contributed by atoms with Crippen molar-refractivity contribution in [1.29, 1.82) is 0 Å². The van der Waals surface area contributed by atoms with Crippen LogP contribution in [0.1, 0.15) is 10.4 Å². The molecule has 0 unspecified atom stereocenters. The number of Topliss-reactive ketones (excluding diaryl/α,β-unsaturated/α-hetero) is 1. The fourth-order valence-electron chi connectivity index (χ4n) is 0.882. The topological polar surface area (TPSA) is 56.0 Å². The highest BCUT2D eigenvalue weighted by atomic mass is 35.5. The third-order valence-electron chi connectivity index (χ3n) is 1.46. The van der Waals surface area contributed by atoms with Crippen LogP contribution in [0, 0.1) is 0 Å². The highest BCUT2D eigenvalue weighted by molar-refractivity contribution is 7.99. The van der Waals surface area contributed by atoms with Crippen LogP contribution in [0.15, 0.2) is 12.3 Å². The number of hydrogen-bond donors (Lipinski definition) is 1. The van der Waals surface area contributed by atoms with E-state index in [0.717, 1.165) is 0 Å². The molecule has 0 fully saturated rings. The van der Waals surface area contributed by atoms with Crippen LogP contribution >= 0.6 is 23.4 Å². The Morgan fingerprint density at radius 1 is 1.77 bits per heavy atom. The van der Waals surface area contributed by atoms with E-state index in [-0.39, 0.29) is 11.6 Å². The van der Waals surface area contributed by atoms with Gasteiger partial charge in [0.1, 0.15) is 5.82 Å². The zero-order chi connectivity index (χ0) is 9.84. The van der Waals surface area contributed by atoms with Crippen molar-refractivity contribution < 1.29 is 4.79 Å². The van der Waals surface area contributed by atoms with Gasteiger partial charge in [-0.25, -0.2) is 4.98 Å². The first-order chi connectivity index (χ1) is 6.15. The van der Waals surface area contributed by atoms with E-state index in [1.165, 1.54) is 18.0 Å². The Morgan fingerprint density at radius 3 is 3.08 bits per heavy atom. The molecule has 0 spiro atoms. The van der Waals surface area contributed by atoms with E-state index in [1.807, 2.05) is 6.26 Å². The van der Waals surface area contributed by atoms with Crippen LogP contribution < -0.4 is 5.73 Å². The monoisotopic (exact) mass is 216 g/mol. The summed E-state index contributed by atoms with van der Waals surface area (Å²) >= 11 is 7.13. The van der Waals surface area contributed by atoms with Crippen molar-refractivity contribution in [3.63, 3.8) is 0 Å². The maximum atomic E-state index is 11.4. The molecule has 0 saturated heterocycles. The molecule has 3 nitrogen and oxygen atoms in total. The molecular weight excluding hydrogens is 208 g/mol. The molecule has 0 aromatic carbocycles. The van der Waals surface area contributed by atoms with Crippen molar-refractivity contribution in [2.24, 2.45) is 0 Å². The van der Waals surface area contributed by atoms with Gasteiger partial charge in [0.15, 0.2) is 5.78 Å². The highest BCUT2D eigenvalue weighted by Gasteiger charge is 2.10. The average Bonchev–Trinajstić information content (AvgIpc) is 2.09. The molecule has 1 aromatic rings. The van der Waals surface area contributed by atoms with Gasteiger partial charge in [-0.1, -0.05) is 11.6 Å². The lowest BCUT2D eigenvalue weighted by Gasteiger charge is -2.02. The Balaban J connectivity index is 2.99.